The summed E-state index contributed by atoms with van der Waals surface area (Å²) >= 11 is 0. The second-order valence-corrected chi connectivity index (χ2v) is 5.04. The van der Waals surface area contributed by atoms with Crippen molar-refractivity contribution in [3.8, 4) is 0 Å². The van der Waals surface area contributed by atoms with Gasteiger partial charge in [-0.3, -0.25) is 0 Å². The molecule has 1 aliphatic carbocycles. The Morgan fingerprint density at radius 3 is 2.67 bits per heavy atom. The predicted octanol–water partition coefficient (Wildman–Crippen LogP) is 0.799. The third-order valence-electron chi connectivity index (χ3n) is 4.00. The normalized spacial score (nSPS) is 32.6. The number of nitrogens with one attached hydrogen (secondary N) is 1. The highest BCUT2D eigenvalue weighted by molar-refractivity contribution is 4.84. The third-order valence-corrected chi connectivity index (χ3v) is 4.00. The van der Waals surface area contributed by atoms with Crippen LogP contribution in [-0.2, 0) is 0 Å². The van der Waals surface area contributed by atoms with E-state index in [2.05, 4.69) is 10.2 Å². The van der Waals surface area contributed by atoms with Crippen LogP contribution >= 0.6 is 0 Å². The standard InChI is InChI=1S/C12H25N3/c13-10-11-4-3-5-12(11)14-6-9-15-7-1-2-8-15/h11-12,14H,1-10,13H2. The van der Waals surface area contributed by atoms with Crippen molar-refractivity contribution in [3.05, 3.63) is 0 Å². The Bertz CT molecular complexity index is 178. The second kappa shape index (κ2) is 5.83. The molecule has 2 fully saturated rings. The van der Waals surface area contributed by atoms with Crippen molar-refractivity contribution in [2.24, 2.45) is 11.7 Å². The molecule has 2 atom stereocenters. The Kier molecular flexibility index (Phi) is 4.42. The molecule has 0 aromatic carbocycles. The van der Waals surface area contributed by atoms with E-state index in [0.29, 0.717) is 6.04 Å². The quantitative estimate of drug-likeness (QED) is 0.707. The van der Waals surface area contributed by atoms with Gasteiger partial charge in [0.15, 0.2) is 0 Å². The molecule has 15 heavy (non-hydrogen) atoms. The van der Waals surface area contributed by atoms with E-state index in [1.165, 1.54) is 51.7 Å². The molecule has 0 radical (unpaired) electrons. The van der Waals surface area contributed by atoms with E-state index >= 15 is 0 Å². The lowest BCUT2D eigenvalue weighted by Gasteiger charge is -2.21. The summed E-state index contributed by atoms with van der Waals surface area (Å²) < 4.78 is 0. The van der Waals surface area contributed by atoms with Gasteiger partial charge >= 0.3 is 0 Å². The first kappa shape index (κ1) is 11.4. The first-order valence-corrected chi connectivity index (χ1v) is 6.56. The summed E-state index contributed by atoms with van der Waals surface area (Å²) in [5.41, 5.74) is 5.77. The van der Waals surface area contributed by atoms with Gasteiger partial charge < -0.3 is 16.0 Å². The van der Waals surface area contributed by atoms with E-state index in [0.717, 1.165) is 19.0 Å². The van der Waals surface area contributed by atoms with Crippen LogP contribution in [-0.4, -0.2) is 43.7 Å². The van der Waals surface area contributed by atoms with Crippen LogP contribution in [0.5, 0.6) is 0 Å². The highest BCUT2D eigenvalue weighted by atomic mass is 15.2. The molecule has 2 aliphatic rings. The molecule has 1 saturated carbocycles. The minimum Gasteiger partial charge on any atom is -0.330 e. The van der Waals surface area contributed by atoms with Crippen LogP contribution in [0.4, 0.5) is 0 Å². The second-order valence-electron chi connectivity index (χ2n) is 5.04. The molecule has 0 bridgehead atoms. The topological polar surface area (TPSA) is 41.3 Å². The van der Waals surface area contributed by atoms with Gasteiger partial charge in [0.1, 0.15) is 0 Å². The molecule has 2 unspecified atom stereocenters. The summed E-state index contributed by atoms with van der Waals surface area (Å²) in [6.45, 7) is 5.87. The summed E-state index contributed by atoms with van der Waals surface area (Å²) in [6, 6.07) is 0.706. The van der Waals surface area contributed by atoms with Crippen molar-refractivity contribution in [1.82, 2.24) is 10.2 Å². The van der Waals surface area contributed by atoms with Gasteiger partial charge in [0, 0.05) is 19.1 Å². The van der Waals surface area contributed by atoms with Crippen LogP contribution in [0.3, 0.4) is 0 Å². The van der Waals surface area contributed by atoms with Gasteiger partial charge in [-0.1, -0.05) is 6.42 Å². The van der Waals surface area contributed by atoms with Crippen molar-refractivity contribution < 1.29 is 0 Å². The Balaban J connectivity index is 1.60. The molecule has 2 rings (SSSR count). The first-order chi connectivity index (χ1) is 7.40. The zero-order valence-corrected chi connectivity index (χ0v) is 9.75. The SMILES string of the molecule is NCC1CCCC1NCCN1CCCC1. The van der Waals surface area contributed by atoms with Crippen molar-refractivity contribution in [3.63, 3.8) is 0 Å². The maximum absolute atomic E-state index is 5.77. The van der Waals surface area contributed by atoms with E-state index in [4.69, 9.17) is 5.73 Å². The van der Waals surface area contributed by atoms with Crippen LogP contribution in [0.25, 0.3) is 0 Å². The number of rotatable bonds is 5. The van der Waals surface area contributed by atoms with Crippen molar-refractivity contribution in [2.45, 2.75) is 38.1 Å². The lowest BCUT2D eigenvalue weighted by Crippen LogP contribution is -2.40. The fourth-order valence-electron chi connectivity index (χ4n) is 3.00. The maximum Gasteiger partial charge on any atom is 0.0108 e. The van der Waals surface area contributed by atoms with Crippen molar-refractivity contribution in [1.29, 1.82) is 0 Å². The zero-order valence-electron chi connectivity index (χ0n) is 9.75. The summed E-state index contributed by atoms with van der Waals surface area (Å²) in [7, 11) is 0. The molecular weight excluding hydrogens is 186 g/mol. The van der Waals surface area contributed by atoms with Gasteiger partial charge in [0.05, 0.1) is 0 Å². The molecule has 0 amide bonds. The lowest BCUT2D eigenvalue weighted by molar-refractivity contribution is 0.315. The summed E-state index contributed by atoms with van der Waals surface area (Å²) in [6.07, 6.45) is 6.83. The Morgan fingerprint density at radius 1 is 1.13 bits per heavy atom. The Hall–Kier alpha value is -0.120. The fourth-order valence-corrected chi connectivity index (χ4v) is 3.00. The number of hydrogen-bond donors (Lipinski definition) is 2. The van der Waals surface area contributed by atoms with E-state index in [9.17, 15) is 0 Å². The monoisotopic (exact) mass is 211 g/mol. The van der Waals surface area contributed by atoms with Gasteiger partial charge in [0.2, 0.25) is 0 Å². The summed E-state index contributed by atoms with van der Waals surface area (Å²) in [4.78, 5) is 2.57. The van der Waals surface area contributed by atoms with Gasteiger partial charge in [-0.25, -0.2) is 0 Å². The molecule has 3 N–H and O–H groups in total. The molecule has 1 aliphatic heterocycles. The number of nitrogens with zero attached hydrogens (tertiary/aromatic N) is 1. The van der Waals surface area contributed by atoms with Crippen LogP contribution < -0.4 is 11.1 Å². The molecule has 3 nitrogen and oxygen atoms in total. The summed E-state index contributed by atoms with van der Waals surface area (Å²) in [5, 5.41) is 3.69. The molecule has 0 aromatic heterocycles. The predicted molar refractivity (Wildman–Crippen MR) is 63.9 cm³/mol. The average molecular weight is 211 g/mol. The minimum absolute atomic E-state index is 0.706. The zero-order chi connectivity index (χ0) is 10.5. The van der Waals surface area contributed by atoms with Crippen LogP contribution in [0, 0.1) is 5.92 Å². The Labute approximate surface area is 93.4 Å². The Morgan fingerprint density at radius 2 is 1.93 bits per heavy atom. The molecular formula is C12H25N3. The maximum atomic E-state index is 5.77. The van der Waals surface area contributed by atoms with Gasteiger partial charge in [-0.15, -0.1) is 0 Å². The van der Waals surface area contributed by atoms with Crippen LogP contribution in [0.1, 0.15) is 32.1 Å². The van der Waals surface area contributed by atoms with Crippen molar-refractivity contribution in [2.75, 3.05) is 32.7 Å². The first-order valence-electron chi connectivity index (χ1n) is 6.56. The highest BCUT2D eigenvalue weighted by Gasteiger charge is 2.25. The number of likely N-dealkylation sites (tertiary alicyclic amines) is 1. The third kappa shape index (κ3) is 3.16. The smallest absolute Gasteiger partial charge is 0.0108 e. The minimum atomic E-state index is 0.706. The van der Waals surface area contributed by atoms with Gasteiger partial charge in [-0.05, 0) is 51.2 Å². The molecule has 1 saturated heterocycles. The van der Waals surface area contributed by atoms with Crippen LogP contribution in [0.2, 0.25) is 0 Å². The highest BCUT2D eigenvalue weighted by Crippen LogP contribution is 2.24. The van der Waals surface area contributed by atoms with Gasteiger partial charge in [0.25, 0.3) is 0 Å². The number of hydrogen-bond acceptors (Lipinski definition) is 3. The molecule has 1 heterocycles. The van der Waals surface area contributed by atoms with Gasteiger partial charge in [-0.2, -0.15) is 0 Å². The summed E-state index contributed by atoms with van der Waals surface area (Å²) in [5.74, 6) is 0.739. The lowest BCUT2D eigenvalue weighted by atomic mass is 10.0. The van der Waals surface area contributed by atoms with E-state index < -0.39 is 0 Å². The largest absolute Gasteiger partial charge is 0.330 e. The number of nitrogens with two attached hydrogens (primary N) is 1. The van der Waals surface area contributed by atoms with Crippen molar-refractivity contribution >= 4 is 0 Å². The van der Waals surface area contributed by atoms with E-state index in [-0.39, 0.29) is 0 Å². The van der Waals surface area contributed by atoms with E-state index in [1.54, 1.807) is 0 Å². The molecule has 3 heteroatoms. The fraction of sp³-hybridized carbons (Fsp3) is 1.00. The average Bonchev–Trinajstić information content (AvgIpc) is 2.88. The molecule has 0 spiro atoms. The molecule has 0 aromatic rings. The van der Waals surface area contributed by atoms with Crippen LogP contribution in [0.15, 0.2) is 0 Å². The van der Waals surface area contributed by atoms with E-state index in [1.807, 2.05) is 0 Å². The molecule has 88 valence electrons.